The van der Waals surface area contributed by atoms with Gasteiger partial charge in [0.15, 0.2) is 11.9 Å². The van der Waals surface area contributed by atoms with Gasteiger partial charge in [-0.2, -0.15) is 0 Å². The largest absolute Gasteiger partial charge is 0.370 e. The van der Waals surface area contributed by atoms with Crippen molar-refractivity contribution in [3.05, 3.63) is 83.7 Å². The summed E-state index contributed by atoms with van der Waals surface area (Å²) < 4.78 is 13.7. The maximum Gasteiger partial charge on any atom is 0.243 e. The quantitative estimate of drug-likeness (QED) is 0.0623. The molecule has 1 fully saturated rings. The molecular formula is C36H46FN11O5. The number of fused-ring (bicyclic) bond motifs is 1. The van der Waals surface area contributed by atoms with E-state index in [0.717, 1.165) is 16.3 Å². The molecule has 0 radical (unpaired) electrons. The number of aliphatic imine (C=N–C) groups is 2. The Morgan fingerprint density at radius 1 is 0.604 bits per heavy atom. The molecule has 53 heavy (non-hydrogen) atoms. The molecule has 5 amide bonds. The molecule has 17 heteroatoms. The molecule has 0 bridgehead atoms. The van der Waals surface area contributed by atoms with E-state index in [-0.39, 0.29) is 63.5 Å². The lowest BCUT2D eigenvalue weighted by Gasteiger charge is -2.26. The summed E-state index contributed by atoms with van der Waals surface area (Å²) in [6.45, 7) is -0.212. The molecule has 0 spiro atoms. The van der Waals surface area contributed by atoms with Crippen LogP contribution in [0.5, 0.6) is 0 Å². The highest BCUT2D eigenvalue weighted by Crippen LogP contribution is 2.17. The van der Waals surface area contributed by atoms with Crippen LogP contribution < -0.4 is 49.5 Å². The first-order chi connectivity index (χ1) is 25.4. The summed E-state index contributed by atoms with van der Waals surface area (Å²) in [5.41, 5.74) is 23.0. The van der Waals surface area contributed by atoms with Gasteiger partial charge >= 0.3 is 0 Å². The Morgan fingerprint density at radius 3 is 1.70 bits per heavy atom. The molecule has 0 aliphatic carbocycles. The standard InChI is InChI=1S/C36H46FN11O5/c37-25-13-10-21(11-14-25)18-29-34(53)46-27(8-4-16-43-36(40)41)33(52)47-28(19-22-9-12-23-5-1-2-6-24(23)17-22)31(50)44-20-30(49)45-26(32(51)48-29)7-3-15-42-35(38)39/h1-2,5-6,9-14,17,26-29H,3-4,7-8,15-16,18-20H2,(H,44,50)(H,45,49)(H,46,53)(H,47,52)(H,48,51)(H4,38,39,42)(H4,40,41,43)/t26-,27-,28-,29-/m0/s1. The first kappa shape index (κ1) is 39.5. The van der Waals surface area contributed by atoms with Gasteiger partial charge in [-0.1, -0.05) is 54.6 Å². The van der Waals surface area contributed by atoms with Crippen molar-refractivity contribution in [2.24, 2.45) is 32.9 Å². The van der Waals surface area contributed by atoms with Crippen molar-refractivity contribution in [2.75, 3.05) is 19.6 Å². The SMILES string of the molecule is NC(N)=NCCC[C@@H]1NC(=O)CNC(=O)[C@H](Cc2ccc3ccccc3c2)NC(=O)[C@H](CCCN=C(N)N)NC(=O)[C@H](Cc2ccc(F)cc2)NC1=O. The van der Waals surface area contributed by atoms with Gasteiger partial charge in [-0.25, -0.2) is 4.39 Å². The zero-order valence-corrected chi connectivity index (χ0v) is 29.1. The van der Waals surface area contributed by atoms with Crippen molar-refractivity contribution in [2.45, 2.75) is 62.7 Å². The molecule has 16 nitrogen and oxygen atoms in total. The van der Waals surface area contributed by atoms with Crippen LogP contribution in [0.4, 0.5) is 4.39 Å². The van der Waals surface area contributed by atoms with Gasteiger partial charge in [-0.15, -0.1) is 0 Å². The fourth-order valence-corrected chi connectivity index (χ4v) is 5.77. The monoisotopic (exact) mass is 731 g/mol. The van der Waals surface area contributed by atoms with Gasteiger partial charge in [0.05, 0.1) is 6.54 Å². The number of rotatable bonds is 12. The first-order valence-corrected chi connectivity index (χ1v) is 17.2. The van der Waals surface area contributed by atoms with Gasteiger partial charge < -0.3 is 49.5 Å². The van der Waals surface area contributed by atoms with Crippen LogP contribution in [0.3, 0.4) is 0 Å². The van der Waals surface area contributed by atoms with E-state index in [9.17, 15) is 28.4 Å². The molecule has 1 heterocycles. The molecule has 0 unspecified atom stereocenters. The van der Waals surface area contributed by atoms with E-state index in [2.05, 4.69) is 36.6 Å². The average Bonchev–Trinajstić information content (AvgIpc) is 3.12. The molecule has 1 aliphatic rings. The number of hydrogen-bond acceptors (Lipinski definition) is 7. The summed E-state index contributed by atoms with van der Waals surface area (Å²) in [5.74, 6) is -4.28. The topological polar surface area (TPSA) is 274 Å². The lowest BCUT2D eigenvalue weighted by Crippen LogP contribution is -2.58. The van der Waals surface area contributed by atoms with Gasteiger partial charge in [0.1, 0.15) is 30.0 Å². The Labute approximate surface area is 305 Å². The Hall–Kier alpha value is -6.26. The number of guanidine groups is 2. The molecule has 13 N–H and O–H groups in total. The van der Waals surface area contributed by atoms with E-state index in [1.165, 1.54) is 24.3 Å². The van der Waals surface area contributed by atoms with Crippen molar-refractivity contribution < 1.29 is 28.4 Å². The predicted molar refractivity (Wildman–Crippen MR) is 198 cm³/mol. The highest BCUT2D eigenvalue weighted by molar-refractivity contribution is 5.97. The van der Waals surface area contributed by atoms with E-state index >= 15 is 0 Å². The summed E-state index contributed by atoms with van der Waals surface area (Å²) in [4.78, 5) is 76.3. The minimum Gasteiger partial charge on any atom is -0.370 e. The Kier molecular flexibility index (Phi) is 14.4. The van der Waals surface area contributed by atoms with Crippen molar-refractivity contribution in [3.8, 4) is 0 Å². The Bertz CT molecular complexity index is 1830. The number of halogens is 1. The molecular weight excluding hydrogens is 685 g/mol. The van der Waals surface area contributed by atoms with Crippen LogP contribution in [-0.4, -0.2) is 85.3 Å². The second kappa shape index (κ2) is 19.4. The van der Waals surface area contributed by atoms with Crippen LogP contribution in [0, 0.1) is 5.82 Å². The Morgan fingerprint density at radius 2 is 1.09 bits per heavy atom. The van der Waals surface area contributed by atoms with Crippen molar-refractivity contribution in [1.29, 1.82) is 0 Å². The molecule has 1 aliphatic heterocycles. The van der Waals surface area contributed by atoms with Crippen molar-refractivity contribution in [1.82, 2.24) is 26.6 Å². The molecule has 4 rings (SSSR count). The number of hydrogen-bond donors (Lipinski definition) is 9. The van der Waals surface area contributed by atoms with Gasteiger partial charge in [0, 0.05) is 25.9 Å². The summed E-state index contributed by atoms with van der Waals surface area (Å²) >= 11 is 0. The molecule has 3 aromatic rings. The number of benzene rings is 3. The molecule has 0 saturated carbocycles. The van der Waals surface area contributed by atoms with Crippen LogP contribution in [0.1, 0.15) is 36.8 Å². The normalized spacial score (nSPS) is 20.1. The third kappa shape index (κ3) is 12.8. The van der Waals surface area contributed by atoms with E-state index in [4.69, 9.17) is 22.9 Å². The number of nitrogens with one attached hydrogen (secondary N) is 5. The minimum absolute atomic E-state index is 0.0549. The second-order valence-electron chi connectivity index (χ2n) is 12.6. The molecule has 1 saturated heterocycles. The first-order valence-electron chi connectivity index (χ1n) is 17.2. The predicted octanol–water partition coefficient (Wildman–Crippen LogP) is -1.06. The molecule has 3 aromatic carbocycles. The minimum atomic E-state index is -1.27. The smallest absolute Gasteiger partial charge is 0.243 e. The van der Waals surface area contributed by atoms with Crippen molar-refractivity contribution >= 4 is 52.2 Å². The molecule has 4 atom stereocenters. The maximum absolute atomic E-state index is 14.0. The van der Waals surface area contributed by atoms with Gasteiger partial charge in [0.25, 0.3) is 0 Å². The van der Waals surface area contributed by atoms with E-state index in [1.807, 2.05) is 42.5 Å². The number of nitrogens with two attached hydrogens (primary N) is 4. The second-order valence-corrected chi connectivity index (χ2v) is 12.6. The lowest BCUT2D eigenvalue weighted by atomic mass is 10.00. The van der Waals surface area contributed by atoms with Crippen LogP contribution in [-0.2, 0) is 36.8 Å². The third-order valence-corrected chi connectivity index (χ3v) is 8.47. The van der Waals surface area contributed by atoms with E-state index in [1.54, 1.807) is 0 Å². The number of amides is 5. The van der Waals surface area contributed by atoms with Gasteiger partial charge in [-0.3, -0.25) is 34.0 Å². The zero-order valence-electron chi connectivity index (χ0n) is 29.1. The van der Waals surface area contributed by atoms with Crippen LogP contribution in [0.15, 0.2) is 76.7 Å². The summed E-state index contributed by atoms with van der Waals surface area (Å²) in [5, 5.41) is 15.3. The van der Waals surface area contributed by atoms with E-state index in [0.29, 0.717) is 5.56 Å². The van der Waals surface area contributed by atoms with Crippen LogP contribution in [0.2, 0.25) is 0 Å². The number of carbonyl (C=O) groups is 5. The summed E-state index contributed by atoms with van der Waals surface area (Å²) in [6, 6.07) is 13.9. The molecule has 282 valence electrons. The Balaban J connectivity index is 1.68. The zero-order chi connectivity index (χ0) is 38.3. The van der Waals surface area contributed by atoms with E-state index < -0.39 is 66.1 Å². The maximum atomic E-state index is 14.0. The van der Waals surface area contributed by atoms with Crippen LogP contribution >= 0.6 is 0 Å². The fourth-order valence-electron chi connectivity index (χ4n) is 5.77. The highest BCUT2D eigenvalue weighted by atomic mass is 19.1. The molecule has 0 aromatic heterocycles. The van der Waals surface area contributed by atoms with Crippen molar-refractivity contribution in [3.63, 3.8) is 0 Å². The number of nitrogens with zero attached hydrogens (tertiary/aromatic N) is 2. The average molecular weight is 732 g/mol. The fraction of sp³-hybridized carbons (Fsp3) is 0.361. The summed E-state index contributed by atoms with van der Waals surface area (Å²) in [7, 11) is 0. The number of carbonyl (C=O) groups excluding carboxylic acids is 5. The summed E-state index contributed by atoms with van der Waals surface area (Å²) in [6.07, 6.45) is 0.651. The lowest BCUT2D eigenvalue weighted by molar-refractivity contribution is -0.134. The van der Waals surface area contributed by atoms with Gasteiger partial charge in [0.2, 0.25) is 29.5 Å². The highest BCUT2D eigenvalue weighted by Gasteiger charge is 2.32. The van der Waals surface area contributed by atoms with Gasteiger partial charge in [-0.05, 0) is 59.7 Å². The van der Waals surface area contributed by atoms with Crippen LogP contribution in [0.25, 0.3) is 10.8 Å². The third-order valence-electron chi connectivity index (χ3n) is 8.47.